The van der Waals surface area contributed by atoms with Crippen LogP contribution in [-0.4, -0.2) is 4.98 Å². The van der Waals surface area contributed by atoms with Crippen molar-refractivity contribution in [2.75, 3.05) is 4.90 Å². The van der Waals surface area contributed by atoms with Gasteiger partial charge < -0.3 is 4.90 Å². The molecule has 0 saturated carbocycles. The molecule has 0 amide bonds. The standard InChI is InChI=1S/C30H26N2/c1-30(2,3)19-20-15-23-13-14-31-29-25-17-21-9-7-8-10-22(21)18-26(25)32(27(16-20)28(23)29)24-11-5-4-6-12-24/h4-18H,19H2,1-3H3. The summed E-state index contributed by atoms with van der Waals surface area (Å²) in [6.07, 6.45) is 2.99. The molecule has 0 unspecified atom stereocenters. The second-order valence-electron chi connectivity index (χ2n) is 10.00. The van der Waals surface area contributed by atoms with Crippen molar-refractivity contribution in [3.8, 4) is 11.3 Å². The molecule has 1 aliphatic rings. The van der Waals surface area contributed by atoms with E-state index in [-0.39, 0.29) is 5.41 Å². The topological polar surface area (TPSA) is 16.1 Å². The highest BCUT2D eigenvalue weighted by atomic mass is 15.2. The number of anilines is 3. The Morgan fingerprint density at radius 1 is 0.719 bits per heavy atom. The van der Waals surface area contributed by atoms with Crippen molar-refractivity contribution in [3.63, 3.8) is 0 Å². The zero-order chi connectivity index (χ0) is 21.9. The Balaban J connectivity index is 1.73. The highest BCUT2D eigenvalue weighted by molar-refractivity contribution is 6.14. The van der Waals surface area contributed by atoms with Crippen molar-refractivity contribution in [2.45, 2.75) is 27.2 Å². The minimum absolute atomic E-state index is 0.219. The van der Waals surface area contributed by atoms with Crippen LogP contribution in [0.15, 0.2) is 91.1 Å². The summed E-state index contributed by atoms with van der Waals surface area (Å²) in [5, 5.41) is 4.97. The molecule has 0 bridgehead atoms. The number of hydrogen-bond acceptors (Lipinski definition) is 2. The smallest absolute Gasteiger partial charge is 0.0822 e. The van der Waals surface area contributed by atoms with E-state index in [9.17, 15) is 0 Å². The van der Waals surface area contributed by atoms with E-state index in [1.54, 1.807) is 0 Å². The van der Waals surface area contributed by atoms with Gasteiger partial charge in [-0.05, 0) is 70.0 Å². The number of nitrogens with zero attached hydrogens (tertiary/aromatic N) is 2. The van der Waals surface area contributed by atoms with Gasteiger partial charge in [-0.25, -0.2) is 0 Å². The summed E-state index contributed by atoms with van der Waals surface area (Å²) in [6.45, 7) is 6.91. The molecule has 2 heteroatoms. The van der Waals surface area contributed by atoms with Crippen LogP contribution < -0.4 is 4.90 Å². The van der Waals surface area contributed by atoms with Crippen LogP contribution in [0.1, 0.15) is 26.3 Å². The summed E-state index contributed by atoms with van der Waals surface area (Å²) < 4.78 is 0. The first-order valence-electron chi connectivity index (χ1n) is 11.3. The van der Waals surface area contributed by atoms with Crippen LogP contribution in [0.3, 0.4) is 0 Å². The van der Waals surface area contributed by atoms with E-state index in [1.165, 1.54) is 49.7 Å². The summed E-state index contributed by atoms with van der Waals surface area (Å²) in [4.78, 5) is 7.31. The third-order valence-electron chi connectivity index (χ3n) is 6.25. The third-order valence-corrected chi connectivity index (χ3v) is 6.25. The number of benzene rings is 4. The normalized spacial score (nSPS) is 12.9. The molecule has 2 nitrogen and oxygen atoms in total. The second-order valence-corrected chi connectivity index (χ2v) is 10.00. The van der Waals surface area contributed by atoms with Crippen LogP contribution in [0.2, 0.25) is 0 Å². The maximum absolute atomic E-state index is 4.89. The van der Waals surface area contributed by atoms with Crippen LogP contribution in [-0.2, 0) is 6.42 Å². The Morgan fingerprint density at radius 3 is 2.19 bits per heavy atom. The number of pyridine rings is 1. The fourth-order valence-corrected chi connectivity index (χ4v) is 5.04. The molecule has 2 heterocycles. The molecule has 0 aliphatic carbocycles. The summed E-state index contributed by atoms with van der Waals surface area (Å²) in [5.41, 5.74) is 7.43. The molecule has 0 N–H and O–H groups in total. The van der Waals surface area contributed by atoms with Crippen molar-refractivity contribution in [1.82, 2.24) is 4.98 Å². The molecule has 0 fully saturated rings. The molecular weight excluding hydrogens is 388 g/mol. The summed E-state index contributed by atoms with van der Waals surface area (Å²) in [7, 11) is 0. The first-order chi connectivity index (χ1) is 15.5. The molecular formula is C30H26N2. The maximum Gasteiger partial charge on any atom is 0.0822 e. The number of para-hydroxylation sites is 1. The fraction of sp³-hybridized carbons (Fsp3) is 0.167. The molecule has 156 valence electrons. The highest BCUT2D eigenvalue weighted by Crippen LogP contribution is 2.51. The second kappa shape index (κ2) is 6.93. The van der Waals surface area contributed by atoms with Crippen molar-refractivity contribution in [2.24, 2.45) is 5.41 Å². The van der Waals surface area contributed by atoms with Crippen molar-refractivity contribution >= 4 is 38.6 Å². The van der Waals surface area contributed by atoms with Crippen LogP contribution >= 0.6 is 0 Å². The zero-order valence-electron chi connectivity index (χ0n) is 18.8. The van der Waals surface area contributed by atoms with E-state index in [0.29, 0.717) is 0 Å². The van der Waals surface area contributed by atoms with Crippen LogP contribution in [0, 0.1) is 5.41 Å². The van der Waals surface area contributed by atoms with Crippen molar-refractivity contribution in [3.05, 3.63) is 96.7 Å². The van der Waals surface area contributed by atoms with Gasteiger partial charge in [0.15, 0.2) is 0 Å². The molecule has 5 aromatic rings. The monoisotopic (exact) mass is 414 g/mol. The van der Waals surface area contributed by atoms with Gasteiger partial charge in [-0.1, -0.05) is 69.3 Å². The van der Waals surface area contributed by atoms with E-state index in [0.717, 1.165) is 12.1 Å². The molecule has 0 radical (unpaired) electrons. The quantitative estimate of drug-likeness (QED) is 0.283. The minimum Gasteiger partial charge on any atom is -0.309 e. The van der Waals surface area contributed by atoms with Crippen molar-refractivity contribution in [1.29, 1.82) is 0 Å². The van der Waals surface area contributed by atoms with E-state index < -0.39 is 0 Å². The number of hydrogen-bond donors (Lipinski definition) is 0. The van der Waals surface area contributed by atoms with Gasteiger partial charge in [0.25, 0.3) is 0 Å². The first-order valence-corrected chi connectivity index (χ1v) is 11.3. The lowest BCUT2D eigenvalue weighted by atomic mass is 9.85. The Labute approximate surface area is 189 Å². The minimum atomic E-state index is 0.219. The van der Waals surface area contributed by atoms with Gasteiger partial charge in [0.2, 0.25) is 0 Å². The van der Waals surface area contributed by atoms with E-state index >= 15 is 0 Å². The predicted molar refractivity (Wildman–Crippen MR) is 136 cm³/mol. The Morgan fingerprint density at radius 2 is 1.44 bits per heavy atom. The van der Waals surface area contributed by atoms with Crippen LogP contribution in [0.4, 0.5) is 17.1 Å². The lowest BCUT2D eigenvalue weighted by molar-refractivity contribution is 0.411. The van der Waals surface area contributed by atoms with E-state index in [4.69, 9.17) is 4.98 Å². The van der Waals surface area contributed by atoms with Gasteiger partial charge in [0.05, 0.1) is 17.1 Å². The van der Waals surface area contributed by atoms with Gasteiger partial charge in [-0.15, -0.1) is 0 Å². The molecule has 0 saturated heterocycles. The molecule has 32 heavy (non-hydrogen) atoms. The van der Waals surface area contributed by atoms with Gasteiger partial charge in [0, 0.05) is 22.8 Å². The third kappa shape index (κ3) is 3.06. The van der Waals surface area contributed by atoms with Crippen molar-refractivity contribution < 1.29 is 0 Å². The van der Waals surface area contributed by atoms with E-state index in [1.807, 2.05) is 6.20 Å². The van der Waals surface area contributed by atoms with E-state index in [2.05, 4.69) is 111 Å². The Bertz CT molecular complexity index is 1480. The molecule has 6 rings (SSSR count). The zero-order valence-corrected chi connectivity index (χ0v) is 18.8. The number of aromatic nitrogens is 1. The molecule has 4 aromatic carbocycles. The molecule has 0 atom stereocenters. The van der Waals surface area contributed by atoms with Crippen LogP contribution in [0.5, 0.6) is 0 Å². The average Bonchev–Trinajstić information content (AvgIpc) is 2.78. The summed E-state index contributed by atoms with van der Waals surface area (Å²) in [6, 6.07) is 30.8. The predicted octanol–water partition coefficient (Wildman–Crippen LogP) is 8.43. The average molecular weight is 415 g/mol. The summed E-state index contributed by atoms with van der Waals surface area (Å²) >= 11 is 0. The van der Waals surface area contributed by atoms with Gasteiger partial charge in [-0.2, -0.15) is 0 Å². The number of fused-ring (bicyclic) bond motifs is 3. The molecule has 1 aromatic heterocycles. The fourth-order valence-electron chi connectivity index (χ4n) is 5.04. The lowest BCUT2D eigenvalue weighted by Gasteiger charge is -2.34. The molecule has 0 spiro atoms. The van der Waals surface area contributed by atoms with Gasteiger partial charge in [0.1, 0.15) is 0 Å². The first kappa shape index (κ1) is 19.1. The Kier molecular flexibility index (Phi) is 4.13. The Hall–Kier alpha value is -3.65. The van der Waals surface area contributed by atoms with Gasteiger partial charge in [-0.3, -0.25) is 4.98 Å². The van der Waals surface area contributed by atoms with Gasteiger partial charge >= 0.3 is 0 Å². The SMILES string of the molecule is CC(C)(C)Cc1cc2c3c(nccc3c1)-c1cc3ccccc3cc1N2c1ccccc1. The summed E-state index contributed by atoms with van der Waals surface area (Å²) in [5.74, 6) is 0. The molecule has 1 aliphatic heterocycles. The lowest BCUT2D eigenvalue weighted by Crippen LogP contribution is -2.17. The maximum atomic E-state index is 4.89. The van der Waals surface area contributed by atoms with Crippen LogP contribution in [0.25, 0.3) is 32.8 Å². The number of rotatable bonds is 2. The largest absolute Gasteiger partial charge is 0.309 e. The highest BCUT2D eigenvalue weighted by Gasteiger charge is 2.28.